The van der Waals surface area contributed by atoms with Crippen LogP contribution in [-0.4, -0.2) is 12.3 Å². The van der Waals surface area contributed by atoms with E-state index in [0.717, 1.165) is 36.2 Å². The second-order valence-electron chi connectivity index (χ2n) is 5.21. The molecule has 1 heterocycles. The molecule has 0 unspecified atom stereocenters. The van der Waals surface area contributed by atoms with E-state index in [9.17, 15) is 9.18 Å². The van der Waals surface area contributed by atoms with Gasteiger partial charge >= 0.3 is 0 Å². The van der Waals surface area contributed by atoms with Gasteiger partial charge in [0.15, 0.2) is 5.78 Å². The van der Waals surface area contributed by atoms with E-state index in [0.29, 0.717) is 5.56 Å². The summed E-state index contributed by atoms with van der Waals surface area (Å²) in [5.74, 6) is -0.712. The number of hydrogen-bond donors (Lipinski definition) is 1. The van der Waals surface area contributed by atoms with Crippen LogP contribution in [0.5, 0.6) is 0 Å². The number of aryl methyl sites for hydroxylation is 2. The van der Waals surface area contributed by atoms with Crippen LogP contribution >= 0.6 is 0 Å². The van der Waals surface area contributed by atoms with Gasteiger partial charge in [-0.3, -0.25) is 4.79 Å². The molecule has 0 radical (unpaired) electrons. The van der Waals surface area contributed by atoms with Gasteiger partial charge in [-0.15, -0.1) is 0 Å². The van der Waals surface area contributed by atoms with E-state index in [-0.39, 0.29) is 11.3 Å². The first-order valence-corrected chi connectivity index (χ1v) is 6.83. The quantitative estimate of drug-likeness (QED) is 0.842. The van der Waals surface area contributed by atoms with Gasteiger partial charge in [0.25, 0.3) is 0 Å². The summed E-state index contributed by atoms with van der Waals surface area (Å²) in [6.45, 7) is 2.82. The normalized spacial score (nSPS) is 13.5. The first-order valence-electron chi connectivity index (χ1n) is 6.83. The van der Waals surface area contributed by atoms with Crippen LogP contribution in [0.1, 0.15) is 33.5 Å². The van der Waals surface area contributed by atoms with Gasteiger partial charge in [-0.2, -0.15) is 0 Å². The van der Waals surface area contributed by atoms with Gasteiger partial charge in [-0.05, 0) is 55.7 Å². The molecule has 20 heavy (non-hydrogen) atoms. The van der Waals surface area contributed by atoms with Crippen LogP contribution in [0.2, 0.25) is 0 Å². The van der Waals surface area contributed by atoms with Crippen molar-refractivity contribution >= 4 is 11.5 Å². The number of ketones is 1. The minimum Gasteiger partial charge on any atom is -0.385 e. The third kappa shape index (κ3) is 2.31. The fourth-order valence-electron chi connectivity index (χ4n) is 2.58. The van der Waals surface area contributed by atoms with Crippen molar-refractivity contribution in [2.45, 2.75) is 19.8 Å². The average Bonchev–Trinajstić information content (AvgIpc) is 2.48. The summed E-state index contributed by atoms with van der Waals surface area (Å²) in [6.07, 6.45) is 2.02. The lowest BCUT2D eigenvalue weighted by molar-refractivity contribution is 0.103. The Morgan fingerprint density at radius 1 is 1.20 bits per heavy atom. The highest BCUT2D eigenvalue weighted by Crippen LogP contribution is 2.24. The summed E-state index contributed by atoms with van der Waals surface area (Å²) in [4.78, 5) is 12.4. The molecule has 2 aromatic rings. The standard InChI is InChI=1S/C17H16FNO/c1-11-4-6-15(18)14(9-11)17(20)13-5-7-16-12(10-13)3-2-8-19-16/h4-7,9-10,19H,2-3,8H2,1H3. The van der Waals surface area contributed by atoms with Gasteiger partial charge in [0.05, 0.1) is 5.56 Å². The second kappa shape index (κ2) is 5.08. The molecule has 1 aliphatic rings. The van der Waals surface area contributed by atoms with Gasteiger partial charge in [0.2, 0.25) is 0 Å². The summed E-state index contributed by atoms with van der Waals surface area (Å²) in [5, 5.41) is 3.30. The molecule has 0 spiro atoms. The number of hydrogen-bond acceptors (Lipinski definition) is 2. The van der Waals surface area contributed by atoms with Crippen molar-refractivity contribution in [3.63, 3.8) is 0 Å². The summed E-state index contributed by atoms with van der Waals surface area (Å²) in [7, 11) is 0. The Hall–Kier alpha value is -2.16. The van der Waals surface area contributed by atoms with E-state index in [1.165, 1.54) is 6.07 Å². The molecule has 0 fully saturated rings. The Labute approximate surface area is 117 Å². The van der Waals surface area contributed by atoms with Crippen molar-refractivity contribution < 1.29 is 9.18 Å². The van der Waals surface area contributed by atoms with Crippen molar-refractivity contribution in [1.82, 2.24) is 0 Å². The maximum atomic E-state index is 13.8. The third-order valence-corrected chi connectivity index (χ3v) is 3.67. The maximum Gasteiger partial charge on any atom is 0.195 e. The summed E-state index contributed by atoms with van der Waals surface area (Å²) in [6, 6.07) is 10.2. The van der Waals surface area contributed by atoms with Crippen LogP contribution in [0, 0.1) is 12.7 Å². The van der Waals surface area contributed by atoms with E-state index in [4.69, 9.17) is 0 Å². The second-order valence-corrected chi connectivity index (χ2v) is 5.21. The number of nitrogens with one attached hydrogen (secondary N) is 1. The largest absolute Gasteiger partial charge is 0.385 e. The fourth-order valence-corrected chi connectivity index (χ4v) is 2.58. The number of anilines is 1. The van der Waals surface area contributed by atoms with E-state index < -0.39 is 5.82 Å². The zero-order valence-electron chi connectivity index (χ0n) is 11.4. The van der Waals surface area contributed by atoms with Crippen LogP contribution in [0.15, 0.2) is 36.4 Å². The van der Waals surface area contributed by atoms with Gasteiger partial charge in [0.1, 0.15) is 5.82 Å². The molecular formula is C17H16FNO. The topological polar surface area (TPSA) is 29.1 Å². The molecule has 0 aliphatic carbocycles. The molecule has 0 saturated carbocycles. The summed E-state index contributed by atoms with van der Waals surface area (Å²) >= 11 is 0. The first-order chi connectivity index (χ1) is 9.65. The monoisotopic (exact) mass is 269 g/mol. The lowest BCUT2D eigenvalue weighted by Crippen LogP contribution is -2.13. The maximum absolute atomic E-state index is 13.8. The Morgan fingerprint density at radius 2 is 2.05 bits per heavy atom. The van der Waals surface area contributed by atoms with E-state index in [1.54, 1.807) is 18.2 Å². The van der Waals surface area contributed by atoms with Crippen molar-refractivity contribution in [1.29, 1.82) is 0 Å². The molecule has 0 saturated heterocycles. The molecular weight excluding hydrogens is 253 g/mol. The van der Waals surface area contributed by atoms with Crippen molar-refractivity contribution in [2.75, 3.05) is 11.9 Å². The minimum absolute atomic E-state index is 0.147. The highest BCUT2D eigenvalue weighted by Gasteiger charge is 2.16. The van der Waals surface area contributed by atoms with Crippen molar-refractivity contribution in [3.05, 3.63) is 64.5 Å². The highest BCUT2D eigenvalue weighted by atomic mass is 19.1. The molecule has 1 N–H and O–H groups in total. The number of benzene rings is 2. The van der Waals surface area contributed by atoms with E-state index >= 15 is 0 Å². The van der Waals surface area contributed by atoms with Gasteiger partial charge < -0.3 is 5.32 Å². The van der Waals surface area contributed by atoms with E-state index in [1.807, 2.05) is 19.1 Å². The van der Waals surface area contributed by atoms with E-state index in [2.05, 4.69) is 5.32 Å². The molecule has 2 aromatic carbocycles. The number of fused-ring (bicyclic) bond motifs is 1. The fraction of sp³-hybridized carbons (Fsp3) is 0.235. The van der Waals surface area contributed by atoms with Crippen LogP contribution in [0.3, 0.4) is 0 Å². The molecule has 0 aromatic heterocycles. The predicted octanol–water partition coefficient (Wildman–Crippen LogP) is 3.72. The number of rotatable bonds is 2. The summed E-state index contributed by atoms with van der Waals surface area (Å²) in [5.41, 5.74) is 3.80. The molecule has 3 rings (SSSR count). The van der Waals surface area contributed by atoms with Crippen molar-refractivity contribution in [2.24, 2.45) is 0 Å². The molecule has 2 nitrogen and oxygen atoms in total. The van der Waals surface area contributed by atoms with Gasteiger partial charge in [0, 0.05) is 17.8 Å². The minimum atomic E-state index is -0.462. The number of carbonyl (C=O) groups is 1. The van der Waals surface area contributed by atoms with Crippen LogP contribution in [-0.2, 0) is 6.42 Å². The highest BCUT2D eigenvalue weighted by molar-refractivity contribution is 6.09. The van der Waals surface area contributed by atoms with Crippen molar-refractivity contribution in [3.8, 4) is 0 Å². The molecule has 3 heteroatoms. The third-order valence-electron chi connectivity index (χ3n) is 3.67. The molecule has 1 aliphatic heterocycles. The number of carbonyl (C=O) groups excluding carboxylic acids is 1. The Kier molecular flexibility index (Phi) is 3.26. The zero-order valence-corrected chi connectivity index (χ0v) is 11.4. The SMILES string of the molecule is Cc1ccc(F)c(C(=O)c2ccc3c(c2)CCCN3)c1. The van der Waals surface area contributed by atoms with Gasteiger partial charge in [-0.25, -0.2) is 4.39 Å². The molecule has 0 atom stereocenters. The Morgan fingerprint density at radius 3 is 2.90 bits per heavy atom. The number of halogens is 1. The zero-order chi connectivity index (χ0) is 14.1. The average molecular weight is 269 g/mol. The van der Waals surface area contributed by atoms with Crippen LogP contribution < -0.4 is 5.32 Å². The smallest absolute Gasteiger partial charge is 0.195 e. The van der Waals surface area contributed by atoms with Crippen LogP contribution in [0.25, 0.3) is 0 Å². The first kappa shape index (κ1) is 12.9. The Balaban J connectivity index is 2.00. The molecule has 0 bridgehead atoms. The lowest BCUT2D eigenvalue weighted by Gasteiger charge is -2.18. The van der Waals surface area contributed by atoms with Gasteiger partial charge in [-0.1, -0.05) is 11.6 Å². The van der Waals surface area contributed by atoms with Crippen LogP contribution in [0.4, 0.5) is 10.1 Å². The predicted molar refractivity (Wildman–Crippen MR) is 77.8 cm³/mol. The Bertz CT molecular complexity index is 679. The lowest BCUT2D eigenvalue weighted by atomic mass is 9.96. The molecule has 0 amide bonds. The molecule has 102 valence electrons. The summed E-state index contributed by atoms with van der Waals surface area (Å²) < 4.78 is 13.8.